The van der Waals surface area contributed by atoms with Gasteiger partial charge in [0.25, 0.3) is 5.91 Å². The normalized spacial score (nSPS) is 31.1. The highest BCUT2D eigenvalue weighted by Gasteiger charge is 2.53. The fraction of sp³-hybridized carbons (Fsp3) is 0.545. The number of nitrogens with one attached hydrogen (secondary N) is 2. The van der Waals surface area contributed by atoms with Gasteiger partial charge < -0.3 is 5.32 Å². The summed E-state index contributed by atoms with van der Waals surface area (Å²) >= 11 is 19.4. The fourth-order valence-corrected chi connectivity index (χ4v) is 8.40. The van der Waals surface area contributed by atoms with Gasteiger partial charge in [-0.2, -0.15) is 0 Å². The number of carbonyl (C=O) groups is 1. The molecule has 0 saturated heterocycles. The summed E-state index contributed by atoms with van der Waals surface area (Å²) in [5, 5.41) is 8.61. The minimum Gasteiger partial charge on any atom is -0.359 e. The zero-order valence-electron chi connectivity index (χ0n) is 16.3. The van der Waals surface area contributed by atoms with Crippen LogP contribution in [0.15, 0.2) is 18.2 Å². The lowest BCUT2D eigenvalue weighted by Gasteiger charge is -2.59. The molecular formula is C22H24Cl2N2OS2. The van der Waals surface area contributed by atoms with Gasteiger partial charge in [0.2, 0.25) is 0 Å². The van der Waals surface area contributed by atoms with E-state index in [1.54, 1.807) is 6.07 Å². The number of carbonyl (C=O) groups excluding carboxylic acids is 1. The molecule has 1 aromatic heterocycles. The fourth-order valence-electron chi connectivity index (χ4n) is 6.44. The smallest absolute Gasteiger partial charge is 0.269 e. The third-order valence-corrected chi connectivity index (χ3v) is 9.49. The predicted molar refractivity (Wildman–Crippen MR) is 125 cm³/mol. The van der Waals surface area contributed by atoms with Gasteiger partial charge in [-0.25, -0.2) is 0 Å². The van der Waals surface area contributed by atoms with Crippen molar-refractivity contribution >= 4 is 67.9 Å². The predicted octanol–water partition coefficient (Wildman–Crippen LogP) is 6.42. The summed E-state index contributed by atoms with van der Waals surface area (Å²) in [5.41, 5.74) is 0.329. The Morgan fingerprint density at radius 2 is 1.79 bits per heavy atom. The van der Waals surface area contributed by atoms with Gasteiger partial charge in [0, 0.05) is 21.2 Å². The third-order valence-electron chi connectivity index (χ3n) is 7.38. The summed E-state index contributed by atoms with van der Waals surface area (Å²) in [6, 6.07) is 5.72. The molecule has 154 valence electrons. The van der Waals surface area contributed by atoms with Crippen LogP contribution in [0.4, 0.5) is 0 Å². The van der Waals surface area contributed by atoms with Crippen molar-refractivity contribution in [1.29, 1.82) is 0 Å². The van der Waals surface area contributed by atoms with Crippen LogP contribution in [-0.2, 0) is 0 Å². The summed E-state index contributed by atoms with van der Waals surface area (Å²) in [6.07, 6.45) is 8.15. The molecule has 1 amide bonds. The van der Waals surface area contributed by atoms with Crippen LogP contribution in [0, 0.1) is 23.2 Å². The monoisotopic (exact) mass is 466 g/mol. The molecule has 1 heterocycles. The van der Waals surface area contributed by atoms with E-state index >= 15 is 0 Å². The number of benzene rings is 1. The lowest BCUT2D eigenvalue weighted by molar-refractivity contribution is -0.0672. The van der Waals surface area contributed by atoms with Crippen molar-refractivity contribution in [2.24, 2.45) is 23.2 Å². The van der Waals surface area contributed by atoms with Crippen molar-refractivity contribution < 1.29 is 4.79 Å². The zero-order valence-corrected chi connectivity index (χ0v) is 19.4. The maximum atomic E-state index is 12.8. The Hall–Kier alpha value is -0.880. The molecular weight excluding hydrogens is 443 g/mol. The number of hydrogen-bond acceptors (Lipinski definition) is 3. The minimum atomic E-state index is -0.262. The average Bonchev–Trinajstić information content (AvgIpc) is 2.96. The van der Waals surface area contributed by atoms with E-state index < -0.39 is 0 Å². The molecule has 2 aromatic rings. The van der Waals surface area contributed by atoms with E-state index in [9.17, 15) is 4.79 Å². The van der Waals surface area contributed by atoms with E-state index in [0.717, 1.165) is 27.8 Å². The number of amides is 1. The van der Waals surface area contributed by atoms with Crippen LogP contribution in [0.3, 0.4) is 0 Å². The van der Waals surface area contributed by atoms with Gasteiger partial charge >= 0.3 is 0 Å². The van der Waals surface area contributed by atoms with Crippen LogP contribution < -0.4 is 10.6 Å². The molecule has 4 saturated carbocycles. The summed E-state index contributed by atoms with van der Waals surface area (Å²) in [4.78, 5) is 13.3. The molecule has 0 radical (unpaired) electrons. The Balaban J connectivity index is 1.27. The number of thiophene rings is 1. The topological polar surface area (TPSA) is 41.1 Å². The highest BCUT2D eigenvalue weighted by Crippen LogP contribution is 2.61. The molecule has 4 aliphatic carbocycles. The quantitative estimate of drug-likeness (QED) is 0.512. The lowest BCUT2D eigenvalue weighted by atomic mass is 9.48. The average molecular weight is 467 g/mol. The number of fused-ring (bicyclic) bond motifs is 1. The third kappa shape index (κ3) is 3.58. The first-order valence-electron chi connectivity index (χ1n) is 10.3. The molecule has 29 heavy (non-hydrogen) atoms. The van der Waals surface area contributed by atoms with Gasteiger partial charge in [0.1, 0.15) is 4.88 Å². The minimum absolute atomic E-state index is 0.262. The first-order chi connectivity index (χ1) is 13.8. The Morgan fingerprint density at radius 3 is 2.41 bits per heavy atom. The second kappa shape index (κ2) is 7.37. The molecule has 4 aliphatic rings. The van der Waals surface area contributed by atoms with Gasteiger partial charge in [0.05, 0.1) is 5.02 Å². The van der Waals surface area contributed by atoms with Crippen molar-refractivity contribution in [2.75, 3.05) is 0 Å². The number of thiocarbonyl (C=S) groups is 1. The van der Waals surface area contributed by atoms with E-state index in [2.05, 4.69) is 17.6 Å². The Morgan fingerprint density at radius 1 is 1.17 bits per heavy atom. The first kappa shape index (κ1) is 20.0. The van der Waals surface area contributed by atoms with E-state index in [1.165, 1.54) is 49.9 Å². The Kier molecular flexibility index (Phi) is 5.09. The van der Waals surface area contributed by atoms with E-state index in [1.807, 2.05) is 12.1 Å². The second-order valence-corrected chi connectivity index (χ2v) is 11.6. The molecule has 0 aliphatic heterocycles. The summed E-state index contributed by atoms with van der Waals surface area (Å²) < 4.78 is 0.897. The highest BCUT2D eigenvalue weighted by atomic mass is 35.5. The SMILES string of the molecule is CC(NC(=S)NC(=O)c1sc2cc(Cl)ccc2c1Cl)C12CC3CC(CC(C3)C1)C2. The molecule has 4 bridgehead atoms. The maximum Gasteiger partial charge on any atom is 0.269 e. The Bertz CT molecular complexity index is 967. The van der Waals surface area contributed by atoms with Crippen molar-refractivity contribution in [2.45, 2.75) is 51.5 Å². The molecule has 2 N–H and O–H groups in total. The zero-order chi connectivity index (χ0) is 20.3. The van der Waals surface area contributed by atoms with Crippen molar-refractivity contribution in [1.82, 2.24) is 10.6 Å². The summed E-state index contributed by atoms with van der Waals surface area (Å²) in [7, 11) is 0. The summed E-state index contributed by atoms with van der Waals surface area (Å²) in [5.74, 6) is 2.40. The maximum absolute atomic E-state index is 12.8. The van der Waals surface area contributed by atoms with Gasteiger partial charge in [-0.1, -0.05) is 29.3 Å². The van der Waals surface area contributed by atoms with Crippen molar-refractivity contribution in [3.8, 4) is 0 Å². The lowest BCUT2D eigenvalue weighted by Crippen LogP contribution is -2.57. The second-order valence-electron chi connectivity index (χ2n) is 9.31. The number of halogens is 2. The van der Waals surface area contributed by atoms with Gasteiger partial charge in [-0.15, -0.1) is 11.3 Å². The molecule has 1 atom stereocenters. The molecule has 1 unspecified atom stereocenters. The highest BCUT2D eigenvalue weighted by molar-refractivity contribution is 7.80. The molecule has 3 nitrogen and oxygen atoms in total. The van der Waals surface area contributed by atoms with Gasteiger partial charge in [-0.3, -0.25) is 10.1 Å². The first-order valence-corrected chi connectivity index (χ1v) is 12.3. The van der Waals surface area contributed by atoms with Gasteiger partial charge in [-0.05, 0) is 93.0 Å². The van der Waals surface area contributed by atoms with E-state index in [-0.39, 0.29) is 11.9 Å². The van der Waals surface area contributed by atoms with Gasteiger partial charge in [0.15, 0.2) is 5.11 Å². The molecule has 4 fully saturated rings. The Labute approximate surface area is 190 Å². The number of hydrogen-bond donors (Lipinski definition) is 2. The van der Waals surface area contributed by atoms with Crippen LogP contribution in [0.25, 0.3) is 10.1 Å². The van der Waals surface area contributed by atoms with E-state index in [4.69, 9.17) is 35.4 Å². The van der Waals surface area contributed by atoms with Crippen LogP contribution in [0.2, 0.25) is 10.0 Å². The largest absolute Gasteiger partial charge is 0.359 e. The summed E-state index contributed by atoms with van der Waals surface area (Å²) in [6.45, 7) is 2.24. The van der Waals surface area contributed by atoms with Crippen molar-refractivity contribution in [3.05, 3.63) is 33.1 Å². The molecule has 0 spiro atoms. The van der Waals surface area contributed by atoms with Crippen LogP contribution in [0.5, 0.6) is 0 Å². The molecule has 1 aromatic carbocycles. The van der Waals surface area contributed by atoms with Crippen LogP contribution in [0.1, 0.15) is 55.1 Å². The van der Waals surface area contributed by atoms with Crippen molar-refractivity contribution in [3.63, 3.8) is 0 Å². The standard InChI is InChI=1S/C22H24Cl2N2OS2/c1-11(22-8-12-4-13(9-22)6-14(5-12)10-22)25-21(28)26-20(27)19-18(24)16-3-2-15(23)7-17(16)29-19/h2-3,7,11-14H,4-6,8-10H2,1H3,(H2,25,26,27,28). The number of rotatable bonds is 3. The van der Waals surface area contributed by atoms with Crippen LogP contribution >= 0.6 is 46.8 Å². The van der Waals surface area contributed by atoms with Crippen LogP contribution in [-0.4, -0.2) is 17.1 Å². The molecule has 6 rings (SSSR count). The van der Waals surface area contributed by atoms with E-state index in [0.29, 0.717) is 25.4 Å². The molecule has 7 heteroatoms.